The van der Waals surface area contributed by atoms with Crippen LogP contribution in [0.2, 0.25) is 0 Å². The quantitative estimate of drug-likeness (QED) is 0.727. The number of hydrogen-bond donors (Lipinski definition) is 0. The van der Waals surface area contributed by atoms with E-state index in [0.29, 0.717) is 26.2 Å². The van der Waals surface area contributed by atoms with Crippen LogP contribution in [0.25, 0.3) is 0 Å². The van der Waals surface area contributed by atoms with Crippen molar-refractivity contribution >= 4 is 5.91 Å². The van der Waals surface area contributed by atoms with Crippen molar-refractivity contribution in [1.29, 1.82) is 0 Å². The first-order chi connectivity index (χ1) is 7.38. The molecule has 0 aromatic heterocycles. The molecule has 1 aliphatic heterocycles. The summed E-state index contributed by atoms with van der Waals surface area (Å²) in [6.07, 6.45) is -4.11. The number of amides is 1. The van der Waals surface area contributed by atoms with Gasteiger partial charge in [-0.25, -0.2) is 0 Å². The largest absolute Gasteiger partial charge is 0.390 e. The Balaban J connectivity index is 2.33. The van der Waals surface area contributed by atoms with Crippen LogP contribution < -0.4 is 0 Å². The molecule has 0 aromatic rings. The van der Waals surface area contributed by atoms with Crippen LogP contribution in [0, 0.1) is 0 Å². The summed E-state index contributed by atoms with van der Waals surface area (Å²) in [7, 11) is 0. The molecule has 0 bridgehead atoms. The summed E-state index contributed by atoms with van der Waals surface area (Å²) in [5, 5.41) is 0. The predicted molar refractivity (Wildman–Crippen MR) is 54.0 cm³/mol. The molecule has 1 amide bonds. The van der Waals surface area contributed by atoms with E-state index in [2.05, 4.69) is 0 Å². The molecule has 1 rings (SSSR count). The molecule has 1 aliphatic rings. The molecule has 16 heavy (non-hydrogen) atoms. The maximum absolute atomic E-state index is 12.0. The molecule has 0 radical (unpaired) electrons. The van der Waals surface area contributed by atoms with E-state index in [-0.39, 0.29) is 12.5 Å². The number of alkyl halides is 3. The fourth-order valence-electron chi connectivity index (χ4n) is 1.79. The van der Waals surface area contributed by atoms with Crippen LogP contribution >= 0.6 is 0 Å². The number of rotatable bonds is 2. The van der Waals surface area contributed by atoms with Crippen molar-refractivity contribution in [2.75, 3.05) is 32.7 Å². The summed E-state index contributed by atoms with van der Waals surface area (Å²) >= 11 is 0. The molecular formula is C10H17F3N2O. The number of hydrogen-bond acceptors (Lipinski definition) is 2. The van der Waals surface area contributed by atoms with Gasteiger partial charge in [-0.15, -0.1) is 0 Å². The van der Waals surface area contributed by atoms with E-state index in [9.17, 15) is 18.0 Å². The molecule has 1 fully saturated rings. The minimum Gasteiger partial charge on any atom is -0.342 e. The highest BCUT2D eigenvalue weighted by molar-refractivity contribution is 5.73. The van der Waals surface area contributed by atoms with Crippen LogP contribution in [-0.2, 0) is 4.79 Å². The Kier molecular flexibility index (Phi) is 4.58. The molecule has 0 N–H and O–H groups in total. The molecule has 0 spiro atoms. The number of carbonyl (C=O) groups is 1. The highest BCUT2D eigenvalue weighted by Crippen LogP contribution is 2.20. The van der Waals surface area contributed by atoms with Crippen LogP contribution in [0.4, 0.5) is 13.2 Å². The molecule has 1 heterocycles. The lowest BCUT2D eigenvalue weighted by Gasteiger charge is -2.21. The molecule has 0 saturated carbocycles. The third-order valence-corrected chi connectivity index (χ3v) is 2.75. The summed E-state index contributed by atoms with van der Waals surface area (Å²) in [6, 6.07) is 0. The monoisotopic (exact) mass is 238 g/mol. The van der Waals surface area contributed by atoms with Gasteiger partial charge in [0, 0.05) is 33.1 Å². The molecular weight excluding hydrogens is 221 g/mol. The van der Waals surface area contributed by atoms with Gasteiger partial charge in [-0.2, -0.15) is 13.2 Å². The van der Waals surface area contributed by atoms with Crippen molar-refractivity contribution in [3.05, 3.63) is 0 Å². The van der Waals surface area contributed by atoms with E-state index in [0.717, 1.165) is 6.42 Å². The Morgan fingerprint density at radius 3 is 2.44 bits per heavy atom. The summed E-state index contributed by atoms with van der Waals surface area (Å²) in [4.78, 5) is 14.6. The van der Waals surface area contributed by atoms with E-state index >= 15 is 0 Å². The maximum Gasteiger partial charge on any atom is 0.390 e. The highest BCUT2D eigenvalue weighted by Gasteiger charge is 2.28. The Labute approximate surface area is 93.2 Å². The van der Waals surface area contributed by atoms with E-state index in [1.54, 1.807) is 9.80 Å². The fraction of sp³-hybridized carbons (Fsp3) is 0.900. The normalized spacial score (nSPS) is 19.6. The Morgan fingerprint density at radius 2 is 1.88 bits per heavy atom. The van der Waals surface area contributed by atoms with Gasteiger partial charge in [0.05, 0.1) is 6.42 Å². The third kappa shape index (κ3) is 4.83. The van der Waals surface area contributed by atoms with Crippen molar-refractivity contribution in [3.8, 4) is 0 Å². The number of nitrogens with zero attached hydrogens (tertiary/aromatic N) is 2. The van der Waals surface area contributed by atoms with Gasteiger partial charge in [0.1, 0.15) is 0 Å². The summed E-state index contributed by atoms with van der Waals surface area (Å²) in [5.74, 6) is -0.00216. The minimum absolute atomic E-state index is 0.00216. The SMILES string of the molecule is CC(=O)N1CCCN(CCC(F)(F)F)CC1. The predicted octanol–water partition coefficient (Wildman–Crippen LogP) is 1.49. The van der Waals surface area contributed by atoms with E-state index in [1.165, 1.54) is 6.92 Å². The first-order valence-corrected chi connectivity index (χ1v) is 5.43. The summed E-state index contributed by atoms with van der Waals surface area (Å²) in [5.41, 5.74) is 0. The topological polar surface area (TPSA) is 23.6 Å². The second-order valence-electron chi connectivity index (χ2n) is 4.07. The van der Waals surface area contributed by atoms with Crippen molar-refractivity contribution < 1.29 is 18.0 Å². The zero-order valence-corrected chi connectivity index (χ0v) is 9.39. The standard InChI is InChI=1S/C10H17F3N2O/c1-9(16)15-5-2-4-14(7-8-15)6-3-10(11,12)13/h2-8H2,1H3. The van der Waals surface area contributed by atoms with Crippen LogP contribution in [0.5, 0.6) is 0 Å². The minimum atomic E-state index is -4.09. The van der Waals surface area contributed by atoms with Crippen LogP contribution in [0.15, 0.2) is 0 Å². The van der Waals surface area contributed by atoms with Crippen molar-refractivity contribution in [3.63, 3.8) is 0 Å². The zero-order chi connectivity index (χ0) is 12.2. The molecule has 0 aromatic carbocycles. The Morgan fingerprint density at radius 1 is 1.19 bits per heavy atom. The van der Waals surface area contributed by atoms with Gasteiger partial charge in [0.25, 0.3) is 0 Å². The van der Waals surface area contributed by atoms with Crippen molar-refractivity contribution in [1.82, 2.24) is 9.80 Å². The summed E-state index contributed by atoms with van der Waals surface area (Å²) < 4.78 is 36.1. The summed E-state index contributed by atoms with van der Waals surface area (Å²) in [6.45, 7) is 3.89. The van der Waals surface area contributed by atoms with Crippen LogP contribution in [0.1, 0.15) is 19.8 Å². The number of carbonyl (C=O) groups excluding carboxylic acids is 1. The van der Waals surface area contributed by atoms with Crippen LogP contribution in [-0.4, -0.2) is 54.6 Å². The third-order valence-electron chi connectivity index (χ3n) is 2.75. The maximum atomic E-state index is 12.0. The zero-order valence-electron chi connectivity index (χ0n) is 9.39. The van der Waals surface area contributed by atoms with Gasteiger partial charge in [0.15, 0.2) is 0 Å². The van der Waals surface area contributed by atoms with Gasteiger partial charge < -0.3 is 9.80 Å². The lowest BCUT2D eigenvalue weighted by atomic mass is 10.3. The first kappa shape index (κ1) is 13.3. The van der Waals surface area contributed by atoms with E-state index < -0.39 is 12.6 Å². The fourth-order valence-corrected chi connectivity index (χ4v) is 1.79. The van der Waals surface area contributed by atoms with Gasteiger partial charge in [0.2, 0.25) is 5.91 Å². The molecule has 1 saturated heterocycles. The molecule has 0 unspecified atom stereocenters. The average molecular weight is 238 g/mol. The Bertz CT molecular complexity index is 243. The van der Waals surface area contributed by atoms with Gasteiger partial charge in [-0.1, -0.05) is 0 Å². The van der Waals surface area contributed by atoms with E-state index in [4.69, 9.17) is 0 Å². The molecule has 0 atom stereocenters. The molecule has 3 nitrogen and oxygen atoms in total. The van der Waals surface area contributed by atoms with Crippen molar-refractivity contribution in [2.24, 2.45) is 0 Å². The van der Waals surface area contributed by atoms with Gasteiger partial charge >= 0.3 is 6.18 Å². The smallest absolute Gasteiger partial charge is 0.342 e. The lowest BCUT2D eigenvalue weighted by molar-refractivity contribution is -0.138. The van der Waals surface area contributed by atoms with Crippen molar-refractivity contribution in [2.45, 2.75) is 25.9 Å². The van der Waals surface area contributed by atoms with Crippen LogP contribution in [0.3, 0.4) is 0 Å². The average Bonchev–Trinajstić information content (AvgIpc) is 2.38. The second-order valence-corrected chi connectivity index (χ2v) is 4.07. The lowest BCUT2D eigenvalue weighted by Crippen LogP contribution is -2.34. The first-order valence-electron chi connectivity index (χ1n) is 5.43. The molecule has 0 aliphatic carbocycles. The molecule has 94 valence electrons. The second kappa shape index (κ2) is 5.52. The number of halogens is 3. The van der Waals surface area contributed by atoms with Gasteiger partial charge in [-0.3, -0.25) is 4.79 Å². The van der Waals surface area contributed by atoms with Gasteiger partial charge in [-0.05, 0) is 13.0 Å². The van der Waals surface area contributed by atoms with E-state index in [1.807, 2.05) is 0 Å². The highest BCUT2D eigenvalue weighted by atomic mass is 19.4. The molecule has 6 heteroatoms. The Hall–Kier alpha value is -0.780.